The molecular weight excluding hydrogens is 429 g/mol. The van der Waals surface area contributed by atoms with Crippen LogP contribution in [0, 0.1) is 12.7 Å². The second-order valence-corrected chi connectivity index (χ2v) is 11.2. The average Bonchev–Trinajstić information content (AvgIpc) is 2.68. The van der Waals surface area contributed by atoms with E-state index >= 15 is 0 Å². The minimum Gasteiger partial charge on any atom is -0.484 e. The molecule has 0 bridgehead atoms. The summed E-state index contributed by atoms with van der Waals surface area (Å²) in [7, 11) is -3.62. The maximum Gasteiger partial charge on any atom is 0.241 e. The van der Waals surface area contributed by atoms with Gasteiger partial charge in [-0.2, -0.15) is 0 Å². The predicted molar refractivity (Wildman–Crippen MR) is 125 cm³/mol. The number of nitrogens with zero attached hydrogens (tertiary/aromatic N) is 1. The molecule has 176 valence electrons. The Labute approximate surface area is 191 Å². The second kappa shape index (κ2) is 9.87. The topological polar surface area (TPSA) is 70.7 Å². The van der Waals surface area contributed by atoms with Crippen molar-refractivity contribution in [3.05, 3.63) is 59.4 Å². The summed E-state index contributed by atoms with van der Waals surface area (Å²) in [6.07, 6.45) is -0.384. The van der Waals surface area contributed by atoms with Gasteiger partial charge in [0.1, 0.15) is 17.7 Å². The van der Waals surface area contributed by atoms with E-state index in [-0.39, 0.29) is 16.8 Å². The molecule has 0 aliphatic carbocycles. The van der Waals surface area contributed by atoms with Crippen LogP contribution in [0.15, 0.2) is 47.4 Å². The first-order chi connectivity index (χ1) is 14.9. The van der Waals surface area contributed by atoms with Crippen molar-refractivity contribution in [2.45, 2.75) is 57.2 Å². The van der Waals surface area contributed by atoms with Crippen LogP contribution >= 0.6 is 0 Å². The summed E-state index contributed by atoms with van der Waals surface area (Å²) in [5, 5.41) is 3.42. The monoisotopic (exact) mass is 463 g/mol. The Morgan fingerprint density at radius 1 is 1.22 bits per heavy atom. The third-order valence-electron chi connectivity index (χ3n) is 5.30. The molecule has 2 N–H and O–H groups in total. The van der Waals surface area contributed by atoms with Gasteiger partial charge in [-0.1, -0.05) is 12.1 Å². The SMILES string of the molecule is Cc1ccc(C(CN2CCN[C@H](C)C2)Oc2ccc(S(=O)(=O)NC(C)(C)C)cc2)cc1F. The molecule has 1 saturated heterocycles. The van der Waals surface area contributed by atoms with Crippen molar-refractivity contribution in [3.63, 3.8) is 0 Å². The van der Waals surface area contributed by atoms with Crippen LogP contribution in [0.1, 0.15) is 44.9 Å². The van der Waals surface area contributed by atoms with E-state index in [2.05, 4.69) is 21.9 Å². The van der Waals surface area contributed by atoms with Crippen LogP contribution < -0.4 is 14.8 Å². The van der Waals surface area contributed by atoms with E-state index in [1.807, 2.05) is 6.07 Å². The van der Waals surface area contributed by atoms with Crippen molar-refractivity contribution < 1.29 is 17.5 Å². The van der Waals surface area contributed by atoms with Crippen molar-refractivity contribution in [1.29, 1.82) is 0 Å². The summed E-state index contributed by atoms with van der Waals surface area (Å²) in [5.74, 6) is 0.272. The largest absolute Gasteiger partial charge is 0.484 e. The van der Waals surface area contributed by atoms with E-state index in [0.717, 1.165) is 25.2 Å². The Morgan fingerprint density at radius 3 is 2.50 bits per heavy atom. The number of benzene rings is 2. The molecule has 1 unspecified atom stereocenters. The lowest BCUT2D eigenvalue weighted by molar-refractivity contribution is 0.112. The first-order valence-electron chi connectivity index (χ1n) is 11.0. The molecule has 2 atom stereocenters. The summed E-state index contributed by atoms with van der Waals surface area (Å²) < 4.78 is 48.3. The molecule has 32 heavy (non-hydrogen) atoms. The van der Waals surface area contributed by atoms with Crippen LogP contribution in [0.25, 0.3) is 0 Å². The summed E-state index contributed by atoms with van der Waals surface area (Å²) in [6.45, 7) is 12.5. The zero-order chi connectivity index (χ0) is 23.5. The molecule has 0 saturated carbocycles. The molecule has 3 rings (SSSR count). The Balaban J connectivity index is 1.81. The molecule has 0 amide bonds. The van der Waals surface area contributed by atoms with Crippen LogP contribution in [0.4, 0.5) is 4.39 Å². The van der Waals surface area contributed by atoms with Gasteiger partial charge < -0.3 is 10.1 Å². The Kier molecular flexibility index (Phi) is 7.60. The van der Waals surface area contributed by atoms with Gasteiger partial charge in [-0.3, -0.25) is 4.90 Å². The quantitative estimate of drug-likeness (QED) is 0.656. The van der Waals surface area contributed by atoms with Crippen LogP contribution in [-0.2, 0) is 10.0 Å². The van der Waals surface area contributed by atoms with E-state index in [1.54, 1.807) is 45.9 Å². The highest BCUT2D eigenvalue weighted by molar-refractivity contribution is 7.89. The minimum absolute atomic E-state index is 0.175. The number of piperazine rings is 1. The highest BCUT2D eigenvalue weighted by Gasteiger charge is 2.24. The number of halogens is 1. The van der Waals surface area contributed by atoms with Gasteiger partial charge in [0, 0.05) is 37.8 Å². The van der Waals surface area contributed by atoms with Gasteiger partial charge >= 0.3 is 0 Å². The average molecular weight is 464 g/mol. The number of sulfonamides is 1. The van der Waals surface area contributed by atoms with Gasteiger partial charge in [0.15, 0.2) is 0 Å². The molecule has 0 spiro atoms. The maximum absolute atomic E-state index is 14.3. The number of nitrogens with one attached hydrogen (secondary N) is 2. The lowest BCUT2D eigenvalue weighted by Crippen LogP contribution is -2.50. The van der Waals surface area contributed by atoms with Crippen LogP contribution in [0.2, 0.25) is 0 Å². The number of aryl methyl sites for hydroxylation is 1. The molecule has 2 aromatic rings. The van der Waals surface area contributed by atoms with E-state index in [1.165, 1.54) is 18.2 Å². The minimum atomic E-state index is -3.62. The molecule has 6 nitrogen and oxygen atoms in total. The number of ether oxygens (including phenoxy) is 1. The van der Waals surface area contributed by atoms with Gasteiger partial charge in [-0.15, -0.1) is 0 Å². The lowest BCUT2D eigenvalue weighted by Gasteiger charge is -2.34. The summed E-state index contributed by atoms with van der Waals surface area (Å²) >= 11 is 0. The molecule has 1 fully saturated rings. The third kappa shape index (κ3) is 6.75. The van der Waals surface area contributed by atoms with Crippen LogP contribution in [0.5, 0.6) is 5.75 Å². The van der Waals surface area contributed by atoms with Gasteiger partial charge in [-0.25, -0.2) is 17.5 Å². The van der Waals surface area contributed by atoms with E-state index in [4.69, 9.17) is 4.74 Å². The summed E-state index contributed by atoms with van der Waals surface area (Å²) in [6, 6.07) is 11.9. The number of hydrogen-bond acceptors (Lipinski definition) is 5. The van der Waals surface area contributed by atoms with Crippen molar-refractivity contribution >= 4 is 10.0 Å². The van der Waals surface area contributed by atoms with Crippen molar-refractivity contribution in [3.8, 4) is 5.75 Å². The lowest BCUT2D eigenvalue weighted by atomic mass is 10.1. The first-order valence-corrected chi connectivity index (χ1v) is 12.4. The van der Waals surface area contributed by atoms with Gasteiger partial charge in [0.25, 0.3) is 0 Å². The number of hydrogen-bond donors (Lipinski definition) is 2. The third-order valence-corrected chi connectivity index (χ3v) is 7.07. The summed E-state index contributed by atoms with van der Waals surface area (Å²) in [4.78, 5) is 2.48. The standard InChI is InChI=1S/C24H34FN3O3S/c1-17-6-7-19(14-22(17)25)23(16-28-13-12-26-18(2)15-28)31-20-8-10-21(11-9-20)32(29,30)27-24(3,4)5/h6-11,14,18,23,26-27H,12-13,15-16H2,1-5H3/t18-,23?/m1/s1. The van der Waals surface area contributed by atoms with Crippen LogP contribution in [-0.4, -0.2) is 51.1 Å². The fourth-order valence-corrected chi connectivity index (χ4v) is 5.17. The van der Waals surface area contributed by atoms with E-state index in [0.29, 0.717) is 23.9 Å². The Bertz CT molecular complexity index is 1020. The fourth-order valence-electron chi connectivity index (χ4n) is 3.76. The predicted octanol–water partition coefficient (Wildman–Crippen LogP) is 3.62. The molecule has 1 aliphatic rings. The van der Waals surface area contributed by atoms with Crippen LogP contribution in [0.3, 0.4) is 0 Å². The van der Waals surface area contributed by atoms with E-state index in [9.17, 15) is 12.8 Å². The smallest absolute Gasteiger partial charge is 0.241 e. The van der Waals surface area contributed by atoms with Crippen molar-refractivity contribution in [2.24, 2.45) is 0 Å². The molecular formula is C24H34FN3O3S. The highest BCUT2D eigenvalue weighted by Crippen LogP contribution is 2.26. The maximum atomic E-state index is 14.3. The molecule has 0 radical (unpaired) electrons. The van der Waals surface area contributed by atoms with Crippen molar-refractivity contribution in [2.75, 3.05) is 26.2 Å². The zero-order valence-corrected chi connectivity index (χ0v) is 20.3. The van der Waals surface area contributed by atoms with Crippen molar-refractivity contribution in [1.82, 2.24) is 14.9 Å². The summed E-state index contributed by atoms with van der Waals surface area (Å²) in [5.41, 5.74) is 0.768. The molecule has 0 aromatic heterocycles. The number of rotatable bonds is 7. The Morgan fingerprint density at radius 2 is 1.91 bits per heavy atom. The highest BCUT2D eigenvalue weighted by atomic mass is 32.2. The molecule has 2 aromatic carbocycles. The Hall–Kier alpha value is -2.00. The zero-order valence-electron chi connectivity index (χ0n) is 19.5. The normalized spacial score (nSPS) is 19.0. The second-order valence-electron chi connectivity index (χ2n) is 9.56. The van der Waals surface area contributed by atoms with Gasteiger partial charge in [-0.05, 0) is 76.1 Å². The molecule has 1 aliphatic heterocycles. The molecule has 8 heteroatoms. The molecule has 1 heterocycles. The fraction of sp³-hybridized carbons (Fsp3) is 0.500. The van der Waals surface area contributed by atoms with Gasteiger partial charge in [0.2, 0.25) is 10.0 Å². The van der Waals surface area contributed by atoms with Gasteiger partial charge in [0.05, 0.1) is 4.90 Å². The first kappa shape index (κ1) is 24.6. The van der Waals surface area contributed by atoms with E-state index < -0.39 is 15.6 Å².